The van der Waals surface area contributed by atoms with E-state index in [1.54, 1.807) is 0 Å². The second-order valence-electron chi connectivity index (χ2n) is 7.65. The van der Waals surface area contributed by atoms with Crippen LogP contribution in [0.2, 0.25) is 0 Å². The number of carboxylic acid groups (broad SMARTS) is 1. The average Bonchev–Trinajstić information content (AvgIpc) is 2.88. The van der Waals surface area contributed by atoms with Gasteiger partial charge in [-0.1, -0.05) is 27.2 Å². The minimum absolute atomic E-state index is 0.0148. The van der Waals surface area contributed by atoms with Crippen molar-refractivity contribution in [2.45, 2.75) is 58.9 Å². The van der Waals surface area contributed by atoms with Crippen LogP contribution in [0.1, 0.15) is 52.9 Å². The topological polar surface area (TPSA) is 69.6 Å². The highest BCUT2D eigenvalue weighted by Gasteiger charge is 2.35. The number of carbonyl (C=O) groups is 2. The molecule has 2 amide bonds. The number of aliphatic carboxylic acids is 1. The minimum Gasteiger partial charge on any atom is -0.481 e. The zero-order chi connectivity index (χ0) is 15.6. The van der Waals surface area contributed by atoms with E-state index in [0.717, 1.165) is 38.8 Å². The highest BCUT2D eigenvalue weighted by Crippen LogP contribution is 2.33. The Bertz CT molecular complexity index is 403. The molecule has 1 saturated heterocycles. The molecule has 0 aromatic heterocycles. The Kier molecular flexibility index (Phi) is 4.79. The lowest BCUT2D eigenvalue weighted by atomic mass is 9.80. The van der Waals surface area contributed by atoms with Gasteiger partial charge in [0.2, 0.25) is 0 Å². The Morgan fingerprint density at radius 2 is 1.90 bits per heavy atom. The molecule has 0 spiro atoms. The second-order valence-corrected chi connectivity index (χ2v) is 7.65. The first kappa shape index (κ1) is 16.1. The number of carbonyl (C=O) groups excluding carboxylic acids is 1. The highest BCUT2D eigenvalue weighted by molar-refractivity contribution is 5.75. The van der Waals surface area contributed by atoms with Crippen LogP contribution < -0.4 is 5.32 Å². The molecule has 0 aromatic rings. The molecule has 2 aliphatic rings. The van der Waals surface area contributed by atoms with Crippen LogP contribution in [0.15, 0.2) is 0 Å². The average molecular weight is 296 g/mol. The van der Waals surface area contributed by atoms with E-state index in [1.165, 1.54) is 0 Å². The number of nitrogens with one attached hydrogen (secondary N) is 1. The van der Waals surface area contributed by atoms with Crippen molar-refractivity contribution < 1.29 is 14.7 Å². The van der Waals surface area contributed by atoms with Gasteiger partial charge in [0.25, 0.3) is 0 Å². The van der Waals surface area contributed by atoms with Gasteiger partial charge in [-0.2, -0.15) is 0 Å². The molecule has 0 aromatic carbocycles. The Labute approximate surface area is 127 Å². The molecular weight excluding hydrogens is 268 g/mol. The van der Waals surface area contributed by atoms with E-state index in [2.05, 4.69) is 26.1 Å². The van der Waals surface area contributed by atoms with Crippen LogP contribution in [-0.2, 0) is 4.79 Å². The summed E-state index contributed by atoms with van der Waals surface area (Å²) in [6.07, 6.45) is 4.13. The predicted octanol–water partition coefficient (Wildman–Crippen LogP) is 2.71. The van der Waals surface area contributed by atoms with Crippen molar-refractivity contribution in [1.82, 2.24) is 10.2 Å². The number of urea groups is 1. The Hall–Kier alpha value is -1.26. The third kappa shape index (κ3) is 4.11. The number of hydrogen-bond donors (Lipinski definition) is 2. The molecule has 1 aliphatic carbocycles. The maximum absolute atomic E-state index is 12.3. The van der Waals surface area contributed by atoms with Crippen LogP contribution in [0.25, 0.3) is 0 Å². The summed E-state index contributed by atoms with van der Waals surface area (Å²) in [6, 6.07) is -0.00109. The predicted molar refractivity (Wildman–Crippen MR) is 81.0 cm³/mol. The zero-order valence-corrected chi connectivity index (χ0v) is 13.4. The van der Waals surface area contributed by atoms with Gasteiger partial charge in [-0.3, -0.25) is 4.79 Å². The van der Waals surface area contributed by atoms with E-state index < -0.39 is 5.97 Å². The van der Waals surface area contributed by atoms with Gasteiger partial charge in [0, 0.05) is 19.1 Å². The fourth-order valence-electron chi connectivity index (χ4n) is 3.46. The lowest BCUT2D eigenvalue weighted by Crippen LogP contribution is -2.46. The van der Waals surface area contributed by atoms with E-state index in [1.807, 2.05) is 4.90 Å². The van der Waals surface area contributed by atoms with Crippen molar-refractivity contribution in [1.29, 1.82) is 0 Å². The zero-order valence-electron chi connectivity index (χ0n) is 13.4. The lowest BCUT2D eigenvalue weighted by molar-refractivity contribution is -0.143. The molecule has 0 radical (unpaired) electrons. The summed E-state index contributed by atoms with van der Waals surface area (Å²) < 4.78 is 0. The van der Waals surface area contributed by atoms with Crippen LogP contribution in [-0.4, -0.2) is 41.1 Å². The Balaban J connectivity index is 1.83. The number of likely N-dealkylation sites (tertiary alicyclic amines) is 1. The van der Waals surface area contributed by atoms with Gasteiger partial charge in [0.15, 0.2) is 0 Å². The number of hydrogen-bond acceptors (Lipinski definition) is 2. The van der Waals surface area contributed by atoms with E-state index in [4.69, 9.17) is 5.11 Å². The maximum atomic E-state index is 12.3. The molecule has 3 unspecified atom stereocenters. The quantitative estimate of drug-likeness (QED) is 0.823. The molecule has 21 heavy (non-hydrogen) atoms. The molecule has 5 heteroatoms. The first-order chi connectivity index (χ1) is 9.77. The Morgan fingerprint density at radius 3 is 2.48 bits per heavy atom. The number of carboxylic acids is 1. The van der Waals surface area contributed by atoms with Crippen LogP contribution in [0.5, 0.6) is 0 Å². The normalized spacial score (nSPS) is 30.2. The number of rotatable bonds is 2. The third-order valence-corrected chi connectivity index (χ3v) is 5.05. The molecular formula is C16H28N2O3. The van der Waals surface area contributed by atoms with Crippen LogP contribution in [0.3, 0.4) is 0 Å². The first-order valence-corrected chi connectivity index (χ1v) is 8.05. The summed E-state index contributed by atoms with van der Waals surface area (Å²) in [5.41, 5.74) is 0.230. The summed E-state index contributed by atoms with van der Waals surface area (Å²) in [5, 5.41) is 12.1. The van der Waals surface area contributed by atoms with Crippen molar-refractivity contribution in [3.05, 3.63) is 0 Å². The molecule has 0 bridgehead atoms. The fourth-order valence-corrected chi connectivity index (χ4v) is 3.46. The van der Waals surface area contributed by atoms with Gasteiger partial charge < -0.3 is 15.3 Å². The molecule has 1 saturated carbocycles. The number of nitrogens with zero attached hydrogens (tertiary/aromatic N) is 1. The smallest absolute Gasteiger partial charge is 0.317 e. The standard InChI is InChI=1S/C16H28N2O3/c1-16(2,3)12-7-8-18(10-12)15(21)17-13-6-4-5-11(9-13)14(19)20/h11-13H,4-10H2,1-3H3,(H,17,21)(H,19,20). The van der Waals surface area contributed by atoms with Crippen molar-refractivity contribution in [2.24, 2.45) is 17.3 Å². The number of amides is 2. The van der Waals surface area contributed by atoms with Crippen molar-refractivity contribution in [3.63, 3.8) is 0 Å². The summed E-state index contributed by atoms with van der Waals surface area (Å²) in [5.74, 6) is -0.491. The minimum atomic E-state index is -0.733. The molecule has 120 valence electrons. The van der Waals surface area contributed by atoms with Gasteiger partial charge in [0.1, 0.15) is 0 Å². The highest BCUT2D eigenvalue weighted by atomic mass is 16.4. The van der Waals surface area contributed by atoms with Crippen LogP contribution >= 0.6 is 0 Å². The molecule has 2 fully saturated rings. The van der Waals surface area contributed by atoms with Gasteiger partial charge in [-0.05, 0) is 37.0 Å². The monoisotopic (exact) mass is 296 g/mol. The molecule has 3 atom stereocenters. The maximum Gasteiger partial charge on any atom is 0.317 e. The molecule has 2 rings (SSSR count). The summed E-state index contributed by atoms with van der Waals surface area (Å²) in [7, 11) is 0. The van der Waals surface area contributed by atoms with Crippen molar-refractivity contribution in [3.8, 4) is 0 Å². The fraction of sp³-hybridized carbons (Fsp3) is 0.875. The van der Waals surface area contributed by atoms with Crippen molar-refractivity contribution in [2.75, 3.05) is 13.1 Å². The third-order valence-electron chi connectivity index (χ3n) is 5.05. The van der Waals surface area contributed by atoms with Crippen molar-refractivity contribution >= 4 is 12.0 Å². The van der Waals surface area contributed by atoms with Crippen LogP contribution in [0, 0.1) is 17.3 Å². The summed E-state index contributed by atoms with van der Waals surface area (Å²) >= 11 is 0. The van der Waals surface area contributed by atoms with Gasteiger partial charge in [-0.15, -0.1) is 0 Å². The molecule has 1 aliphatic heterocycles. The van der Waals surface area contributed by atoms with E-state index in [-0.39, 0.29) is 23.4 Å². The van der Waals surface area contributed by atoms with Crippen LogP contribution in [0.4, 0.5) is 4.79 Å². The summed E-state index contributed by atoms with van der Waals surface area (Å²) in [4.78, 5) is 25.3. The summed E-state index contributed by atoms with van der Waals surface area (Å²) in [6.45, 7) is 8.28. The molecule has 1 heterocycles. The molecule has 5 nitrogen and oxygen atoms in total. The second kappa shape index (κ2) is 6.24. The van der Waals surface area contributed by atoms with E-state index in [0.29, 0.717) is 12.3 Å². The lowest BCUT2D eigenvalue weighted by Gasteiger charge is -2.30. The van der Waals surface area contributed by atoms with Gasteiger partial charge in [0.05, 0.1) is 5.92 Å². The SMILES string of the molecule is CC(C)(C)C1CCN(C(=O)NC2CCCC(C(=O)O)C2)C1. The van der Waals surface area contributed by atoms with E-state index >= 15 is 0 Å². The van der Waals surface area contributed by atoms with Gasteiger partial charge >= 0.3 is 12.0 Å². The van der Waals surface area contributed by atoms with E-state index in [9.17, 15) is 9.59 Å². The molecule has 2 N–H and O–H groups in total. The first-order valence-electron chi connectivity index (χ1n) is 8.05. The largest absolute Gasteiger partial charge is 0.481 e. The van der Waals surface area contributed by atoms with Gasteiger partial charge in [-0.25, -0.2) is 4.79 Å². The Morgan fingerprint density at radius 1 is 1.19 bits per heavy atom.